The van der Waals surface area contributed by atoms with E-state index in [4.69, 9.17) is 15.2 Å². The molecule has 198 valence electrons. The van der Waals surface area contributed by atoms with E-state index in [0.29, 0.717) is 5.69 Å². The summed E-state index contributed by atoms with van der Waals surface area (Å²) in [5.41, 5.74) is 6.99. The molecule has 0 bridgehead atoms. The number of ether oxygens (including phenoxy) is 2. The van der Waals surface area contributed by atoms with E-state index in [0.717, 1.165) is 5.56 Å². The van der Waals surface area contributed by atoms with E-state index >= 15 is 0 Å². The van der Waals surface area contributed by atoms with E-state index in [1.54, 1.807) is 58.0 Å². The molecule has 0 fully saturated rings. The lowest BCUT2D eigenvalue weighted by atomic mass is 10.0. The maximum absolute atomic E-state index is 12.9. The monoisotopic (exact) mass is 504 g/mol. The summed E-state index contributed by atoms with van der Waals surface area (Å²) in [6, 6.07) is 4.82. The van der Waals surface area contributed by atoms with Gasteiger partial charge in [-0.2, -0.15) is 0 Å². The second-order valence-electron chi connectivity index (χ2n) is 8.16. The fraction of sp³-hybridized carbons (Fsp3) is 0.480. The van der Waals surface area contributed by atoms with Crippen LogP contribution in [0.3, 0.4) is 0 Å². The first-order chi connectivity index (χ1) is 17.1. The Bertz CT molecular complexity index is 929. The van der Waals surface area contributed by atoms with E-state index in [9.17, 15) is 24.0 Å². The molecule has 0 aliphatic heterocycles. The molecule has 0 spiro atoms. The zero-order valence-corrected chi connectivity index (χ0v) is 21.2. The lowest BCUT2D eigenvalue weighted by Gasteiger charge is -2.24. The van der Waals surface area contributed by atoms with Crippen LogP contribution in [0.25, 0.3) is 6.08 Å². The van der Waals surface area contributed by atoms with Gasteiger partial charge in [-0.1, -0.05) is 26.0 Å². The molecule has 0 saturated heterocycles. The lowest BCUT2D eigenvalue weighted by Crippen LogP contribution is -2.55. The molecule has 1 rings (SSSR count). The average molecular weight is 505 g/mol. The summed E-state index contributed by atoms with van der Waals surface area (Å²) in [4.78, 5) is 61.3. The number of nitrogens with one attached hydrogen (secondary N) is 3. The molecule has 11 nitrogen and oxygen atoms in total. The van der Waals surface area contributed by atoms with Crippen LogP contribution in [0.4, 0.5) is 5.69 Å². The predicted octanol–water partition coefficient (Wildman–Crippen LogP) is 0.930. The van der Waals surface area contributed by atoms with E-state index in [1.165, 1.54) is 6.08 Å². The Morgan fingerprint density at radius 1 is 0.972 bits per heavy atom. The van der Waals surface area contributed by atoms with Crippen molar-refractivity contribution in [3.8, 4) is 0 Å². The van der Waals surface area contributed by atoms with Gasteiger partial charge in [0.2, 0.25) is 17.7 Å². The van der Waals surface area contributed by atoms with Crippen LogP contribution in [0.15, 0.2) is 30.3 Å². The summed E-state index contributed by atoms with van der Waals surface area (Å²) in [6.07, 6.45) is 2.74. The molecule has 0 aromatic heterocycles. The SMILES string of the molecule is CCOC(=O)CCC(NC(=O)C(NC(=O)CNC(=O)/C=C/c1ccc(N)cc1)C(C)C)C(=O)OCC. The second kappa shape index (κ2) is 15.9. The molecule has 11 heteroatoms. The standard InChI is InChI=1S/C25H36N4O7/c1-5-35-22(32)14-12-19(25(34)36-6-2)28-24(33)23(16(3)4)29-21(31)15-27-20(30)13-9-17-7-10-18(26)11-8-17/h7-11,13,16,19,23H,5-6,12,14-15,26H2,1-4H3,(H,27,30)(H,28,33)(H,29,31)/b13-9+. The summed E-state index contributed by atoms with van der Waals surface area (Å²) in [5.74, 6) is -3.22. The third kappa shape index (κ3) is 11.5. The van der Waals surface area contributed by atoms with Gasteiger partial charge in [0.15, 0.2) is 0 Å². The van der Waals surface area contributed by atoms with Crippen LogP contribution >= 0.6 is 0 Å². The smallest absolute Gasteiger partial charge is 0.328 e. The number of hydrogen-bond acceptors (Lipinski definition) is 8. The number of benzene rings is 1. The van der Waals surface area contributed by atoms with Crippen LogP contribution in [0, 0.1) is 5.92 Å². The van der Waals surface area contributed by atoms with Crippen molar-refractivity contribution in [1.29, 1.82) is 0 Å². The number of nitrogen functional groups attached to an aromatic ring is 1. The summed E-state index contributed by atoms with van der Waals surface area (Å²) in [6.45, 7) is 6.67. The highest BCUT2D eigenvalue weighted by Gasteiger charge is 2.30. The van der Waals surface area contributed by atoms with Crippen LogP contribution in [0.2, 0.25) is 0 Å². The molecular formula is C25H36N4O7. The van der Waals surface area contributed by atoms with E-state index in [-0.39, 0.29) is 38.5 Å². The van der Waals surface area contributed by atoms with E-state index in [2.05, 4.69) is 16.0 Å². The minimum absolute atomic E-state index is 0.0153. The Hall–Kier alpha value is -3.89. The van der Waals surface area contributed by atoms with Crippen LogP contribution in [-0.2, 0) is 33.4 Å². The maximum Gasteiger partial charge on any atom is 0.328 e. The van der Waals surface area contributed by atoms with Gasteiger partial charge >= 0.3 is 11.9 Å². The Balaban J connectivity index is 2.69. The second-order valence-corrected chi connectivity index (χ2v) is 8.16. The van der Waals surface area contributed by atoms with Gasteiger partial charge in [-0.05, 0) is 50.0 Å². The quantitative estimate of drug-likeness (QED) is 0.165. The van der Waals surface area contributed by atoms with Gasteiger partial charge in [-0.25, -0.2) is 4.79 Å². The molecule has 0 aliphatic rings. The zero-order valence-electron chi connectivity index (χ0n) is 21.2. The number of nitrogens with two attached hydrogens (primary N) is 1. The van der Waals surface area contributed by atoms with Gasteiger partial charge in [0, 0.05) is 18.2 Å². The van der Waals surface area contributed by atoms with Crippen molar-refractivity contribution in [2.24, 2.45) is 5.92 Å². The zero-order chi connectivity index (χ0) is 27.1. The maximum atomic E-state index is 12.9. The number of carbonyl (C=O) groups is 5. The highest BCUT2D eigenvalue weighted by molar-refractivity contribution is 5.95. The largest absolute Gasteiger partial charge is 0.466 e. The summed E-state index contributed by atoms with van der Waals surface area (Å²) in [7, 11) is 0. The first kappa shape index (κ1) is 30.1. The predicted molar refractivity (Wildman–Crippen MR) is 134 cm³/mol. The topological polar surface area (TPSA) is 166 Å². The number of anilines is 1. The van der Waals surface area contributed by atoms with Crippen molar-refractivity contribution in [3.05, 3.63) is 35.9 Å². The number of hydrogen-bond donors (Lipinski definition) is 4. The van der Waals surface area contributed by atoms with Crippen molar-refractivity contribution in [3.63, 3.8) is 0 Å². The highest BCUT2D eigenvalue weighted by Crippen LogP contribution is 2.08. The number of esters is 2. The lowest BCUT2D eigenvalue weighted by molar-refractivity contribution is -0.149. The van der Waals surface area contributed by atoms with Gasteiger partial charge < -0.3 is 31.2 Å². The number of amides is 3. The molecule has 0 radical (unpaired) electrons. The Morgan fingerprint density at radius 3 is 2.19 bits per heavy atom. The van der Waals surface area contributed by atoms with Crippen molar-refractivity contribution in [2.45, 2.75) is 52.6 Å². The van der Waals surface area contributed by atoms with Crippen LogP contribution in [-0.4, -0.2) is 61.5 Å². The van der Waals surface area contributed by atoms with Crippen molar-refractivity contribution in [2.75, 3.05) is 25.5 Å². The molecule has 3 amide bonds. The first-order valence-corrected chi connectivity index (χ1v) is 11.8. The molecule has 5 N–H and O–H groups in total. The van der Waals surface area contributed by atoms with E-state index in [1.807, 2.05) is 0 Å². The van der Waals surface area contributed by atoms with Gasteiger partial charge in [0.25, 0.3) is 0 Å². The average Bonchev–Trinajstić information content (AvgIpc) is 2.83. The van der Waals surface area contributed by atoms with Crippen molar-refractivity contribution >= 4 is 41.4 Å². The normalized spacial score (nSPS) is 12.5. The summed E-state index contributed by atoms with van der Waals surface area (Å²) < 4.78 is 9.85. The third-order valence-electron chi connectivity index (χ3n) is 4.88. The molecule has 36 heavy (non-hydrogen) atoms. The molecule has 0 heterocycles. The molecular weight excluding hydrogens is 468 g/mol. The van der Waals surface area contributed by atoms with Gasteiger partial charge in [-0.15, -0.1) is 0 Å². The van der Waals surface area contributed by atoms with Crippen LogP contribution in [0.5, 0.6) is 0 Å². The molecule has 1 aromatic rings. The highest BCUT2D eigenvalue weighted by atomic mass is 16.5. The minimum atomic E-state index is -1.09. The Kier molecular flexibility index (Phi) is 13.3. The fourth-order valence-electron chi connectivity index (χ4n) is 3.01. The molecule has 0 aliphatic carbocycles. The van der Waals surface area contributed by atoms with Crippen molar-refractivity contribution in [1.82, 2.24) is 16.0 Å². The Labute approximate surface area is 211 Å². The van der Waals surface area contributed by atoms with Gasteiger partial charge in [-0.3, -0.25) is 19.2 Å². The molecule has 2 unspecified atom stereocenters. The number of rotatable bonds is 14. The first-order valence-electron chi connectivity index (χ1n) is 11.8. The van der Waals surface area contributed by atoms with Crippen LogP contribution < -0.4 is 21.7 Å². The Morgan fingerprint density at radius 2 is 1.61 bits per heavy atom. The number of carbonyl (C=O) groups excluding carboxylic acids is 5. The molecule has 2 atom stereocenters. The van der Waals surface area contributed by atoms with Crippen LogP contribution in [0.1, 0.15) is 46.1 Å². The van der Waals surface area contributed by atoms with Gasteiger partial charge in [0.1, 0.15) is 12.1 Å². The fourth-order valence-corrected chi connectivity index (χ4v) is 3.01. The minimum Gasteiger partial charge on any atom is -0.466 e. The van der Waals surface area contributed by atoms with Gasteiger partial charge in [0.05, 0.1) is 19.8 Å². The third-order valence-corrected chi connectivity index (χ3v) is 4.88. The summed E-state index contributed by atoms with van der Waals surface area (Å²) >= 11 is 0. The van der Waals surface area contributed by atoms with Crippen molar-refractivity contribution < 1.29 is 33.4 Å². The molecule has 1 aromatic carbocycles. The van der Waals surface area contributed by atoms with E-state index < -0.39 is 41.7 Å². The molecule has 0 saturated carbocycles. The summed E-state index contributed by atoms with van der Waals surface area (Å²) in [5, 5.41) is 7.56.